The average molecular weight is 239 g/mol. The smallest absolute Gasteiger partial charge is 0.178 e. The molecule has 3 aromatic rings. The number of nitrogens with two attached hydrogens (primary N) is 1. The molecule has 0 aromatic carbocycles. The SMILES string of the molecule is Cn1c(-c2ccnc(CN)c2)nc2ncccc21. The second kappa shape index (κ2) is 4.19. The normalized spacial score (nSPS) is 11.0. The van der Waals surface area contributed by atoms with Crippen LogP contribution in [0, 0.1) is 0 Å². The van der Waals surface area contributed by atoms with Crippen LogP contribution in [-0.4, -0.2) is 19.5 Å². The lowest BCUT2D eigenvalue weighted by Crippen LogP contribution is -2.00. The van der Waals surface area contributed by atoms with Crippen LogP contribution in [-0.2, 0) is 13.6 Å². The van der Waals surface area contributed by atoms with Gasteiger partial charge in [0.2, 0.25) is 0 Å². The molecule has 0 saturated heterocycles. The third-order valence-corrected chi connectivity index (χ3v) is 2.94. The van der Waals surface area contributed by atoms with Crippen LogP contribution in [0.15, 0.2) is 36.7 Å². The van der Waals surface area contributed by atoms with Gasteiger partial charge in [-0.2, -0.15) is 0 Å². The zero-order valence-electron chi connectivity index (χ0n) is 10.0. The Bertz CT molecular complexity index is 701. The van der Waals surface area contributed by atoms with Gasteiger partial charge in [-0.3, -0.25) is 4.98 Å². The summed E-state index contributed by atoms with van der Waals surface area (Å²) in [7, 11) is 1.98. The van der Waals surface area contributed by atoms with E-state index in [1.54, 1.807) is 12.4 Å². The Morgan fingerprint density at radius 1 is 1.22 bits per heavy atom. The molecule has 0 fully saturated rings. The Hall–Kier alpha value is -2.27. The van der Waals surface area contributed by atoms with Crippen molar-refractivity contribution in [1.82, 2.24) is 19.5 Å². The topological polar surface area (TPSA) is 69.6 Å². The molecular weight excluding hydrogens is 226 g/mol. The molecule has 0 saturated carbocycles. The molecule has 0 amide bonds. The van der Waals surface area contributed by atoms with E-state index in [4.69, 9.17) is 5.73 Å². The molecule has 0 bridgehead atoms. The summed E-state index contributed by atoms with van der Waals surface area (Å²) in [6.45, 7) is 0.427. The summed E-state index contributed by atoms with van der Waals surface area (Å²) in [4.78, 5) is 13.0. The van der Waals surface area contributed by atoms with Crippen LogP contribution in [0.5, 0.6) is 0 Å². The van der Waals surface area contributed by atoms with E-state index in [1.807, 2.05) is 35.9 Å². The number of rotatable bonds is 2. The minimum absolute atomic E-state index is 0.427. The van der Waals surface area contributed by atoms with Crippen molar-refractivity contribution in [3.8, 4) is 11.4 Å². The van der Waals surface area contributed by atoms with E-state index in [-0.39, 0.29) is 0 Å². The maximum Gasteiger partial charge on any atom is 0.178 e. The zero-order chi connectivity index (χ0) is 12.5. The fraction of sp³-hybridized carbons (Fsp3) is 0.154. The Balaban J connectivity index is 2.21. The number of pyridine rings is 2. The van der Waals surface area contributed by atoms with Gasteiger partial charge in [-0.15, -0.1) is 0 Å². The Kier molecular flexibility index (Phi) is 2.53. The lowest BCUT2D eigenvalue weighted by molar-refractivity contribution is 0.950. The minimum atomic E-state index is 0.427. The molecule has 3 aromatic heterocycles. The summed E-state index contributed by atoms with van der Waals surface area (Å²) in [5, 5.41) is 0. The third kappa shape index (κ3) is 1.65. The minimum Gasteiger partial charge on any atom is -0.326 e. The molecular formula is C13H13N5. The highest BCUT2D eigenvalue weighted by Gasteiger charge is 2.10. The van der Waals surface area contributed by atoms with Crippen LogP contribution in [0.25, 0.3) is 22.6 Å². The zero-order valence-corrected chi connectivity index (χ0v) is 10.0. The molecule has 3 rings (SSSR count). The van der Waals surface area contributed by atoms with Crippen LogP contribution in [0.2, 0.25) is 0 Å². The fourth-order valence-corrected chi connectivity index (χ4v) is 2.01. The molecule has 5 heteroatoms. The van der Waals surface area contributed by atoms with Crippen molar-refractivity contribution in [3.63, 3.8) is 0 Å². The third-order valence-electron chi connectivity index (χ3n) is 2.94. The fourth-order valence-electron chi connectivity index (χ4n) is 2.01. The second-order valence-electron chi connectivity index (χ2n) is 4.08. The number of imidazole rings is 1. The van der Waals surface area contributed by atoms with E-state index < -0.39 is 0 Å². The summed E-state index contributed by atoms with van der Waals surface area (Å²) in [6, 6.07) is 7.80. The predicted octanol–water partition coefficient (Wildman–Crippen LogP) is 1.49. The molecule has 0 aliphatic carbocycles. The van der Waals surface area contributed by atoms with Crippen molar-refractivity contribution in [2.45, 2.75) is 6.54 Å². The van der Waals surface area contributed by atoms with Crippen molar-refractivity contribution in [2.75, 3.05) is 0 Å². The predicted molar refractivity (Wildman–Crippen MR) is 69.6 cm³/mol. The van der Waals surface area contributed by atoms with Crippen molar-refractivity contribution in [1.29, 1.82) is 0 Å². The first-order valence-corrected chi connectivity index (χ1v) is 5.72. The maximum atomic E-state index is 5.61. The van der Waals surface area contributed by atoms with E-state index in [0.717, 1.165) is 28.2 Å². The highest BCUT2D eigenvalue weighted by Crippen LogP contribution is 2.22. The number of hydrogen-bond donors (Lipinski definition) is 1. The van der Waals surface area contributed by atoms with Gasteiger partial charge in [0.25, 0.3) is 0 Å². The summed E-state index contributed by atoms with van der Waals surface area (Å²) < 4.78 is 2.03. The Morgan fingerprint density at radius 3 is 2.89 bits per heavy atom. The standard InChI is InChI=1S/C13H13N5/c1-18-11-3-2-5-16-12(11)17-13(18)9-4-6-15-10(7-9)8-14/h2-7H,8,14H2,1H3. The van der Waals surface area contributed by atoms with E-state index in [9.17, 15) is 0 Å². The number of aromatic nitrogens is 4. The first-order valence-electron chi connectivity index (χ1n) is 5.72. The number of aryl methyl sites for hydroxylation is 1. The molecule has 2 N–H and O–H groups in total. The summed E-state index contributed by atoms with van der Waals surface area (Å²) >= 11 is 0. The van der Waals surface area contributed by atoms with Gasteiger partial charge in [-0.1, -0.05) is 0 Å². The van der Waals surface area contributed by atoms with Gasteiger partial charge >= 0.3 is 0 Å². The molecule has 0 atom stereocenters. The molecule has 3 heterocycles. The molecule has 0 aliphatic heterocycles. The average Bonchev–Trinajstić information content (AvgIpc) is 2.77. The van der Waals surface area contributed by atoms with Crippen molar-refractivity contribution < 1.29 is 0 Å². The number of hydrogen-bond acceptors (Lipinski definition) is 4. The van der Waals surface area contributed by atoms with Crippen LogP contribution < -0.4 is 5.73 Å². The molecule has 0 unspecified atom stereocenters. The first-order chi connectivity index (χ1) is 8.79. The van der Waals surface area contributed by atoms with E-state index >= 15 is 0 Å². The van der Waals surface area contributed by atoms with Gasteiger partial charge in [0.15, 0.2) is 5.65 Å². The molecule has 0 radical (unpaired) electrons. The molecule has 90 valence electrons. The summed E-state index contributed by atoms with van der Waals surface area (Å²) in [5.74, 6) is 0.876. The summed E-state index contributed by atoms with van der Waals surface area (Å²) in [6.07, 6.45) is 3.50. The largest absolute Gasteiger partial charge is 0.326 e. The lowest BCUT2D eigenvalue weighted by Gasteiger charge is -2.03. The van der Waals surface area contributed by atoms with E-state index in [1.165, 1.54) is 0 Å². The number of fused-ring (bicyclic) bond motifs is 1. The second-order valence-corrected chi connectivity index (χ2v) is 4.08. The van der Waals surface area contributed by atoms with Gasteiger partial charge in [0.1, 0.15) is 5.82 Å². The van der Waals surface area contributed by atoms with E-state index in [0.29, 0.717) is 6.54 Å². The van der Waals surface area contributed by atoms with Crippen molar-refractivity contribution in [2.24, 2.45) is 12.8 Å². The quantitative estimate of drug-likeness (QED) is 0.735. The lowest BCUT2D eigenvalue weighted by atomic mass is 10.2. The van der Waals surface area contributed by atoms with Gasteiger partial charge in [-0.05, 0) is 24.3 Å². The number of nitrogens with zero attached hydrogens (tertiary/aromatic N) is 4. The monoisotopic (exact) mass is 239 g/mol. The van der Waals surface area contributed by atoms with Crippen molar-refractivity contribution >= 4 is 11.2 Å². The van der Waals surface area contributed by atoms with E-state index in [2.05, 4.69) is 15.0 Å². The van der Waals surface area contributed by atoms with Gasteiger partial charge in [-0.25, -0.2) is 9.97 Å². The van der Waals surface area contributed by atoms with Crippen LogP contribution in [0.3, 0.4) is 0 Å². The molecule has 5 nitrogen and oxygen atoms in total. The highest BCUT2D eigenvalue weighted by molar-refractivity contribution is 5.76. The Morgan fingerprint density at radius 2 is 2.11 bits per heavy atom. The van der Waals surface area contributed by atoms with Gasteiger partial charge in [0.05, 0.1) is 11.2 Å². The van der Waals surface area contributed by atoms with Gasteiger partial charge < -0.3 is 10.3 Å². The molecule has 0 spiro atoms. The maximum absolute atomic E-state index is 5.61. The van der Waals surface area contributed by atoms with Crippen LogP contribution in [0.4, 0.5) is 0 Å². The highest BCUT2D eigenvalue weighted by atomic mass is 15.1. The summed E-state index contributed by atoms with van der Waals surface area (Å²) in [5.41, 5.74) is 9.23. The molecule has 0 aliphatic rings. The van der Waals surface area contributed by atoms with Gasteiger partial charge in [0, 0.05) is 31.5 Å². The van der Waals surface area contributed by atoms with Crippen molar-refractivity contribution in [3.05, 3.63) is 42.4 Å². The molecule has 18 heavy (non-hydrogen) atoms. The van der Waals surface area contributed by atoms with Crippen LogP contribution in [0.1, 0.15) is 5.69 Å². The first kappa shape index (κ1) is 10.9. The van der Waals surface area contributed by atoms with Crippen LogP contribution >= 0.6 is 0 Å². The Labute approximate surface area is 104 Å².